The predicted octanol–water partition coefficient (Wildman–Crippen LogP) is 8.87. The molecule has 0 radical (unpaired) electrons. The van der Waals surface area contributed by atoms with Crippen LogP contribution in [0, 0.1) is 12.1 Å². The first-order valence-corrected chi connectivity index (χ1v) is 23.5. The van der Waals surface area contributed by atoms with Crippen LogP contribution in [0.25, 0.3) is 0 Å². The molecular formula is C38H61N3O8Si2. The molecule has 0 bridgehead atoms. The molecule has 1 aromatic heterocycles. The maximum atomic E-state index is 13.7. The van der Waals surface area contributed by atoms with Gasteiger partial charge in [0.25, 0.3) is 5.69 Å². The number of aliphatic hydroxyl groups is 1. The van der Waals surface area contributed by atoms with Crippen LogP contribution in [0.1, 0.15) is 97.9 Å². The summed E-state index contributed by atoms with van der Waals surface area (Å²) in [6.45, 7) is 31.0. The lowest BCUT2D eigenvalue weighted by Gasteiger charge is -2.38. The first-order chi connectivity index (χ1) is 23.2. The highest BCUT2D eigenvalue weighted by Crippen LogP contribution is 2.41. The van der Waals surface area contributed by atoms with Gasteiger partial charge >= 0.3 is 6.09 Å². The summed E-state index contributed by atoms with van der Waals surface area (Å²) in [5.41, 5.74) is 1.60. The molecule has 51 heavy (non-hydrogen) atoms. The number of aromatic nitrogens is 2. The van der Waals surface area contributed by atoms with E-state index in [9.17, 15) is 15.1 Å². The molecule has 11 nitrogen and oxygen atoms in total. The summed E-state index contributed by atoms with van der Waals surface area (Å²) in [6.07, 6.45) is -1.06. The second-order valence-electron chi connectivity index (χ2n) is 17.6. The number of hydrogen-bond donors (Lipinski definition) is 1. The van der Waals surface area contributed by atoms with Crippen molar-refractivity contribution in [3.8, 4) is 17.2 Å². The molecule has 3 rings (SSSR count). The molecule has 284 valence electrons. The second-order valence-corrected chi connectivity index (χ2v) is 27.0. The molecule has 0 unspecified atom stereocenters. The van der Waals surface area contributed by atoms with Crippen LogP contribution in [0.2, 0.25) is 36.3 Å². The van der Waals surface area contributed by atoms with E-state index in [2.05, 4.69) is 77.5 Å². The van der Waals surface area contributed by atoms with Crippen LogP contribution < -0.4 is 18.5 Å². The largest absolute Gasteiger partial charge is 0.543 e. The standard InChI is InChI=1S/C38H61N3O8Si2/c1-26(20-28-16-18-30(19-17-28)45-25-33-27(2)41(44)49-39-33)40(35(43)46-36(3,4)5)24-34(42)29-21-31(47-50(12,13)37(6,7)8)23-32(22-29)48-51(14,15)38(9,10)11/h16-19,21-23,26,34,42H,20,24-25H2,1-15H3/t26-,34+/m1/s1. The zero-order valence-electron chi connectivity index (χ0n) is 33.5. The highest BCUT2D eigenvalue weighted by molar-refractivity contribution is 6.75. The maximum Gasteiger partial charge on any atom is 0.410 e. The number of carbonyl (C=O) groups excluding carboxylic acids is 1. The summed E-state index contributed by atoms with van der Waals surface area (Å²) in [5.74, 6) is 1.90. The minimum absolute atomic E-state index is 0.00286. The Bertz CT molecular complexity index is 1570. The van der Waals surface area contributed by atoms with Crippen molar-refractivity contribution in [1.82, 2.24) is 10.1 Å². The zero-order chi connectivity index (χ0) is 38.7. The first-order valence-electron chi connectivity index (χ1n) is 17.7. The Morgan fingerprint density at radius 1 is 0.902 bits per heavy atom. The number of aliphatic hydroxyl groups excluding tert-OH is 1. The Kier molecular flexibility index (Phi) is 12.8. The second kappa shape index (κ2) is 15.6. The normalized spacial score (nSPS) is 14.1. The highest BCUT2D eigenvalue weighted by Gasteiger charge is 2.41. The zero-order valence-corrected chi connectivity index (χ0v) is 35.5. The lowest BCUT2D eigenvalue weighted by Crippen LogP contribution is -2.45. The lowest BCUT2D eigenvalue weighted by atomic mass is 10.0. The fraction of sp³-hybridized carbons (Fsp3) is 0.605. The van der Waals surface area contributed by atoms with Gasteiger partial charge in [-0.1, -0.05) is 53.7 Å². The van der Waals surface area contributed by atoms with E-state index in [1.807, 2.05) is 70.2 Å². The van der Waals surface area contributed by atoms with Crippen LogP contribution >= 0.6 is 0 Å². The van der Waals surface area contributed by atoms with E-state index in [-0.39, 0.29) is 29.3 Å². The maximum absolute atomic E-state index is 13.7. The van der Waals surface area contributed by atoms with Crippen molar-refractivity contribution in [3.63, 3.8) is 0 Å². The van der Waals surface area contributed by atoms with Crippen molar-refractivity contribution in [3.05, 3.63) is 70.2 Å². The summed E-state index contributed by atoms with van der Waals surface area (Å²) in [7, 11) is -4.46. The molecule has 1 heterocycles. The topological polar surface area (TPSA) is 130 Å². The van der Waals surface area contributed by atoms with Crippen LogP contribution in [0.15, 0.2) is 47.1 Å². The van der Waals surface area contributed by atoms with Crippen LogP contribution in [0.5, 0.6) is 17.2 Å². The molecule has 0 saturated carbocycles. The minimum Gasteiger partial charge on any atom is -0.543 e. The number of hydrogen-bond acceptors (Lipinski definition) is 9. The molecule has 2 atom stereocenters. The third-order valence-corrected chi connectivity index (χ3v) is 18.6. The number of nitrogens with zero attached hydrogens (tertiary/aromatic N) is 3. The molecule has 1 amide bonds. The first kappa shape index (κ1) is 41.9. The Balaban J connectivity index is 1.90. The fourth-order valence-electron chi connectivity index (χ4n) is 4.62. The van der Waals surface area contributed by atoms with Gasteiger partial charge in [0.15, 0.2) is 12.3 Å². The van der Waals surface area contributed by atoms with Crippen molar-refractivity contribution in [2.75, 3.05) is 6.54 Å². The molecule has 0 fully saturated rings. The van der Waals surface area contributed by atoms with E-state index in [4.69, 9.17) is 18.3 Å². The van der Waals surface area contributed by atoms with Gasteiger partial charge < -0.3 is 33.5 Å². The number of benzene rings is 2. The van der Waals surface area contributed by atoms with Gasteiger partial charge in [0, 0.05) is 24.2 Å². The van der Waals surface area contributed by atoms with E-state index < -0.39 is 34.4 Å². The van der Waals surface area contributed by atoms with E-state index in [1.165, 1.54) is 0 Å². The van der Waals surface area contributed by atoms with Crippen LogP contribution in [0.3, 0.4) is 0 Å². The summed E-state index contributed by atoms with van der Waals surface area (Å²) in [5, 5.41) is 27.0. The fourth-order valence-corrected chi connectivity index (χ4v) is 6.65. The van der Waals surface area contributed by atoms with E-state index >= 15 is 0 Å². The number of rotatable bonds is 13. The van der Waals surface area contributed by atoms with Gasteiger partial charge in [-0.15, -0.1) is 0 Å². The van der Waals surface area contributed by atoms with Gasteiger partial charge in [-0.25, -0.2) is 4.79 Å². The number of amides is 1. The van der Waals surface area contributed by atoms with Crippen molar-refractivity contribution in [1.29, 1.82) is 0 Å². The monoisotopic (exact) mass is 743 g/mol. The van der Waals surface area contributed by atoms with Gasteiger partial charge in [0.05, 0.1) is 12.6 Å². The number of ether oxygens (including phenoxy) is 2. The summed E-state index contributed by atoms with van der Waals surface area (Å²) in [6, 6.07) is 12.8. The lowest BCUT2D eigenvalue weighted by molar-refractivity contribution is -0.806. The summed E-state index contributed by atoms with van der Waals surface area (Å²) in [4.78, 5) is 15.6. The summed E-state index contributed by atoms with van der Waals surface area (Å²) >= 11 is 0. The third-order valence-electron chi connectivity index (χ3n) is 9.92. The predicted molar refractivity (Wildman–Crippen MR) is 204 cm³/mol. The number of carbonyl (C=O) groups is 1. The van der Waals surface area contributed by atoms with E-state index in [1.54, 1.807) is 11.8 Å². The van der Waals surface area contributed by atoms with Gasteiger partial charge in [-0.3, -0.25) is 4.63 Å². The van der Waals surface area contributed by atoms with Crippen LogP contribution in [0.4, 0.5) is 4.79 Å². The minimum atomic E-state index is -2.23. The van der Waals surface area contributed by atoms with E-state index in [0.29, 0.717) is 45.5 Å². The van der Waals surface area contributed by atoms with Gasteiger partial charge in [-0.2, -0.15) is 0 Å². The molecule has 0 aliphatic carbocycles. The molecule has 0 saturated heterocycles. The van der Waals surface area contributed by atoms with Gasteiger partial charge in [-0.05, 0) is 111 Å². The van der Waals surface area contributed by atoms with Crippen molar-refractivity contribution >= 4 is 22.7 Å². The Morgan fingerprint density at radius 2 is 1.41 bits per heavy atom. The van der Waals surface area contributed by atoms with E-state index in [0.717, 1.165) is 5.56 Å². The molecule has 0 spiro atoms. The Hall–Kier alpha value is -3.56. The van der Waals surface area contributed by atoms with Crippen molar-refractivity contribution in [2.24, 2.45) is 0 Å². The quantitative estimate of drug-likeness (QED) is 0.135. The highest BCUT2D eigenvalue weighted by atomic mass is 28.4. The molecule has 0 aliphatic rings. The molecular weight excluding hydrogens is 683 g/mol. The molecule has 13 heteroatoms. The Morgan fingerprint density at radius 3 is 1.84 bits per heavy atom. The smallest absolute Gasteiger partial charge is 0.410 e. The van der Waals surface area contributed by atoms with Gasteiger partial charge in [0.2, 0.25) is 16.6 Å². The molecule has 0 aliphatic heterocycles. The third kappa shape index (κ3) is 11.5. The molecule has 3 aromatic rings. The molecule has 2 aromatic carbocycles. The molecule has 1 N–H and O–H groups in total. The average Bonchev–Trinajstić information content (AvgIpc) is 3.29. The average molecular weight is 744 g/mol. The SMILES string of the molecule is Cc1c(COc2ccc(C[C@@H](C)N(C[C@H](O)c3cc(O[Si](C)(C)C(C)(C)C)cc(O[Si](C)(C)C(C)(C)C)c3)C(=O)OC(C)(C)C)cc2)no[n+]1[O-]. The summed E-state index contributed by atoms with van der Waals surface area (Å²) < 4.78 is 29.7. The van der Waals surface area contributed by atoms with Crippen LogP contribution in [-0.4, -0.2) is 56.1 Å². The van der Waals surface area contributed by atoms with Crippen molar-refractivity contribution in [2.45, 2.75) is 143 Å². The van der Waals surface area contributed by atoms with Gasteiger partial charge in [0.1, 0.15) is 22.8 Å². The Labute approximate surface area is 307 Å². The van der Waals surface area contributed by atoms with Crippen LogP contribution in [-0.2, 0) is 17.8 Å². The van der Waals surface area contributed by atoms with Crippen molar-refractivity contribution < 1.29 is 37.8 Å².